The topological polar surface area (TPSA) is 118 Å². The van der Waals surface area contributed by atoms with Crippen LogP contribution in [0.15, 0.2) is 164 Å². The smallest absolute Gasteiger partial charge is 0.426 e. The van der Waals surface area contributed by atoms with Crippen molar-refractivity contribution in [2.24, 2.45) is 5.92 Å². The number of likely N-dealkylation sites (tertiary alicyclic amines) is 1. The van der Waals surface area contributed by atoms with Gasteiger partial charge in [-0.15, -0.1) is 45.6 Å². The largest absolute Gasteiger partial charge is 0.488 e. The second-order valence-corrected chi connectivity index (χ2v) is 26.7. The van der Waals surface area contributed by atoms with E-state index in [2.05, 4.69) is 0 Å². The van der Waals surface area contributed by atoms with Gasteiger partial charge in [0.05, 0.1) is 12.5 Å². The summed E-state index contributed by atoms with van der Waals surface area (Å²) in [6, 6.07) is 45.7. The Morgan fingerprint density at radius 3 is 1.16 bits per heavy atom. The predicted molar refractivity (Wildman–Crippen MR) is 351 cm³/mol. The van der Waals surface area contributed by atoms with E-state index in [-0.39, 0.29) is 60.8 Å². The van der Waals surface area contributed by atoms with Crippen molar-refractivity contribution >= 4 is 86.4 Å². The average molecular weight is 1400 g/mol. The van der Waals surface area contributed by atoms with E-state index in [1.54, 1.807) is 143 Å². The summed E-state index contributed by atoms with van der Waals surface area (Å²) in [4.78, 5) is 57.8. The van der Waals surface area contributed by atoms with Gasteiger partial charge in [-0.25, -0.2) is 0 Å². The molecule has 0 spiro atoms. The monoisotopic (exact) mass is 1400 g/mol. The molecule has 0 aliphatic carbocycles. The Morgan fingerprint density at radius 2 is 0.802 bits per heavy atom. The van der Waals surface area contributed by atoms with Crippen molar-refractivity contribution in [1.82, 2.24) is 4.90 Å². The van der Waals surface area contributed by atoms with Crippen LogP contribution in [-0.2, 0) is 81.5 Å². The van der Waals surface area contributed by atoms with Crippen molar-refractivity contribution in [2.75, 3.05) is 66.5 Å². The van der Waals surface area contributed by atoms with E-state index in [4.69, 9.17) is 30.5 Å². The number of nitrogens with zero attached hydrogens (tertiary/aromatic N) is 4. The maximum absolute atomic E-state index is 13.9. The number of benzene rings is 6. The van der Waals surface area contributed by atoms with Crippen LogP contribution in [0.2, 0.25) is 0 Å². The van der Waals surface area contributed by atoms with Gasteiger partial charge in [-0.2, -0.15) is 39.5 Å². The number of fused-ring (bicyclic) bond motifs is 3. The lowest BCUT2D eigenvalue weighted by molar-refractivity contribution is -0.151. The van der Waals surface area contributed by atoms with Crippen molar-refractivity contribution in [1.29, 1.82) is 0 Å². The van der Waals surface area contributed by atoms with Gasteiger partial charge in [-0.05, 0) is 138 Å². The molecule has 12 nitrogen and oxygen atoms in total. The minimum absolute atomic E-state index is 0.0314. The Kier molecular flexibility index (Phi) is 20.0. The minimum Gasteiger partial charge on any atom is -0.488 e. The lowest BCUT2D eigenvalue weighted by Crippen LogP contribution is -2.39. The van der Waals surface area contributed by atoms with Gasteiger partial charge in [0, 0.05) is 74.6 Å². The van der Waals surface area contributed by atoms with Gasteiger partial charge in [0.2, 0.25) is 11.8 Å². The first-order chi connectivity index (χ1) is 46.0. The molecule has 0 N–H and O–H groups in total. The second-order valence-electron chi connectivity index (χ2n) is 23.0. The molecule has 0 saturated carbocycles. The Balaban J connectivity index is 0.000000244. The molecule has 0 unspecified atom stereocenters. The van der Waals surface area contributed by atoms with E-state index in [0.29, 0.717) is 147 Å². The third kappa shape index (κ3) is 15.4. The third-order valence-corrected chi connectivity index (χ3v) is 20.4. The van der Waals surface area contributed by atoms with Crippen LogP contribution in [0.4, 0.5) is 56.6 Å². The Labute approximate surface area is 562 Å². The van der Waals surface area contributed by atoms with Gasteiger partial charge in [0.25, 0.3) is 5.91 Å². The van der Waals surface area contributed by atoms with Crippen molar-refractivity contribution in [2.45, 2.75) is 64.0 Å². The fraction of sp³-hybridized carbons (Fsp3) is 0.268. The number of carbonyl (C=O) groups is 4. The van der Waals surface area contributed by atoms with Crippen LogP contribution in [0.5, 0.6) is 17.2 Å². The van der Waals surface area contributed by atoms with Gasteiger partial charge in [0.15, 0.2) is 6.61 Å². The SMILES string of the molecule is O=C(CCl)N1CCc2cc(OCc3cc(-c4ccccc4)c(C(F)(F)F)s3)ccc21.O=C(OCC(=O)N1CCc2cc(OCc3cc(-c4ccccc4)c(C(F)(F)F)s3)ccc21)[C@@H]1CCN(CC(=O)N2CCc3cc(OCc4cc(-c5ccccc5)c(C(F)(F)F)s4)ccc32)C1. The zero-order valence-corrected chi connectivity index (χ0v) is 54.0. The van der Waals surface area contributed by atoms with Crippen molar-refractivity contribution in [3.8, 4) is 50.6 Å². The fourth-order valence-corrected chi connectivity index (χ4v) is 15.2. The molecular weight excluding hydrogens is 1340 g/mol. The molecule has 13 rings (SSSR count). The molecule has 6 aromatic carbocycles. The standard InChI is InChI=1S/C49H41F6N3O6S2.C22H17ClF3NO2S/c50-48(51,52)45-39(30-7-3-1-4-8-30)23-37(65-45)27-62-35-11-13-41-32(21-35)16-19-57(41)43(59)26-56-18-15-34(25-56)47(61)64-29-44(60)58-20-17-33-22-36(12-14-42(33)58)63-28-38-24-40(31-9-5-2-6-10-31)46(66-38)49(53,54)55;23-12-20(28)27-9-8-15-10-16(6-7-19(15)27)29-13-17-11-18(14-4-2-1-3-5-14)21(30-17)22(24,25)26/h1-14,21-24,34H,15-20,25-29H2;1-7,10-11H,8-9,12-13H2/t34-;/m1./s1. The summed E-state index contributed by atoms with van der Waals surface area (Å²) in [7, 11) is 0. The molecule has 9 aromatic rings. The van der Waals surface area contributed by atoms with Crippen LogP contribution in [0.3, 0.4) is 0 Å². The molecule has 0 radical (unpaired) electrons. The van der Waals surface area contributed by atoms with Crippen molar-refractivity contribution < 1.29 is 77.6 Å². The number of carbonyl (C=O) groups excluding carboxylic acids is 4. The Bertz CT molecular complexity index is 4320. The highest BCUT2D eigenvalue weighted by molar-refractivity contribution is 7.13. The van der Waals surface area contributed by atoms with E-state index in [0.717, 1.165) is 28.1 Å². The first-order valence-electron chi connectivity index (χ1n) is 30.4. The molecule has 4 aliphatic rings. The van der Waals surface area contributed by atoms with Crippen LogP contribution in [0.25, 0.3) is 33.4 Å². The Hall–Kier alpha value is -8.68. The van der Waals surface area contributed by atoms with E-state index in [1.165, 1.54) is 23.1 Å². The van der Waals surface area contributed by atoms with Crippen molar-refractivity contribution in [3.63, 3.8) is 0 Å². The van der Waals surface area contributed by atoms with Gasteiger partial charge in [-0.3, -0.25) is 24.1 Å². The van der Waals surface area contributed by atoms with E-state index < -0.39 is 57.6 Å². The molecule has 3 aromatic heterocycles. The number of rotatable bonds is 18. The summed E-state index contributed by atoms with van der Waals surface area (Å²) >= 11 is 7.64. The molecule has 96 heavy (non-hydrogen) atoms. The number of thiophene rings is 3. The molecule has 1 atom stereocenters. The van der Waals surface area contributed by atoms with E-state index in [9.17, 15) is 58.7 Å². The lowest BCUT2D eigenvalue weighted by Gasteiger charge is -2.22. The maximum Gasteiger partial charge on any atom is 0.426 e. The molecule has 1 fully saturated rings. The average Bonchev–Trinajstić information content (AvgIpc) is 1.69. The predicted octanol–water partition coefficient (Wildman–Crippen LogP) is 16.8. The number of hydrogen-bond acceptors (Lipinski definition) is 12. The maximum atomic E-state index is 13.9. The number of anilines is 3. The summed E-state index contributed by atoms with van der Waals surface area (Å²) in [5, 5.41) is 0. The summed E-state index contributed by atoms with van der Waals surface area (Å²) in [6.07, 6.45) is -11.2. The number of ether oxygens (including phenoxy) is 4. The number of alkyl halides is 10. The molecule has 1 saturated heterocycles. The molecule has 25 heteroatoms. The number of halogens is 10. The van der Waals surface area contributed by atoms with E-state index >= 15 is 0 Å². The quantitative estimate of drug-likeness (QED) is 0.0470. The first kappa shape index (κ1) is 67.3. The normalized spacial score (nSPS) is 15.2. The highest BCUT2D eigenvalue weighted by Gasteiger charge is 2.40. The second kappa shape index (κ2) is 28.6. The van der Waals surface area contributed by atoms with Crippen molar-refractivity contribution in [3.05, 3.63) is 210 Å². The zero-order valence-electron chi connectivity index (χ0n) is 50.8. The minimum atomic E-state index is -4.51. The van der Waals surface area contributed by atoms with Crippen LogP contribution in [0, 0.1) is 5.92 Å². The highest BCUT2D eigenvalue weighted by Crippen LogP contribution is 2.47. The van der Waals surface area contributed by atoms with Gasteiger partial charge >= 0.3 is 24.5 Å². The fourth-order valence-electron chi connectivity index (χ4n) is 12.2. The summed E-state index contributed by atoms with van der Waals surface area (Å²) in [6.45, 7) is 1.70. The highest BCUT2D eigenvalue weighted by atomic mass is 35.5. The summed E-state index contributed by atoms with van der Waals surface area (Å²) in [5.74, 6) is -0.319. The first-order valence-corrected chi connectivity index (χ1v) is 33.4. The Morgan fingerprint density at radius 1 is 0.448 bits per heavy atom. The number of amides is 3. The molecule has 0 bridgehead atoms. The molecular formula is C71H58ClF9N4O8S3. The molecule has 7 heterocycles. The third-order valence-electron chi connectivity index (χ3n) is 16.7. The number of hydrogen-bond donors (Lipinski definition) is 0. The van der Waals surface area contributed by atoms with Crippen LogP contribution in [-0.4, -0.2) is 80.3 Å². The van der Waals surface area contributed by atoms with Gasteiger partial charge < -0.3 is 33.6 Å². The van der Waals surface area contributed by atoms with Gasteiger partial charge in [-0.1, -0.05) is 91.0 Å². The molecule has 3 amide bonds. The summed E-state index contributed by atoms with van der Waals surface area (Å²) in [5.41, 5.74) is 6.69. The van der Waals surface area contributed by atoms with Crippen LogP contribution < -0.4 is 28.9 Å². The zero-order chi connectivity index (χ0) is 67.5. The van der Waals surface area contributed by atoms with Crippen LogP contribution in [0.1, 0.15) is 52.4 Å². The lowest BCUT2D eigenvalue weighted by atomic mass is 10.1. The summed E-state index contributed by atoms with van der Waals surface area (Å²) < 4.78 is 147. The van der Waals surface area contributed by atoms with Gasteiger partial charge in [0.1, 0.15) is 57.6 Å². The molecule has 498 valence electrons. The molecule has 4 aliphatic heterocycles. The number of esters is 1. The van der Waals surface area contributed by atoms with Crippen LogP contribution >= 0.6 is 45.6 Å². The van der Waals surface area contributed by atoms with E-state index in [1.807, 2.05) is 17.0 Å².